The fraction of sp³-hybridized carbons (Fsp3) is 0. The van der Waals surface area contributed by atoms with Crippen molar-refractivity contribution in [2.75, 3.05) is 0 Å². The Labute approximate surface area is 425 Å². The molecule has 0 bridgehead atoms. The molecule has 7 rings (SSSR count). The Hall–Kier alpha value is -5.76. The van der Waals surface area contributed by atoms with Gasteiger partial charge in [0, 0.05) is 26.8 Å². The first kappa shape index (κ1) is 48.2. The summed E-state index contributed by atoms with van der Waals surface area (Å²) in [6, 6.07) is 35.1. The summed E-state index contributed by atoms with van der Waals surface area (Å²) in [5, 5.41) is 0. The maximum absolute atomic E-state index is 15.0. The summed E-state index contributed by atoms with van der Waals surface area (Å²) in [6.07, 6.45) is 0. The summed E-state index contributed by atoms with van der Waals surface area (Å²) < 4.78 is 38.3. The van der Waals surface area contributed by atoms with Crippen LogP contribution < -0.4 is 28.4 Å². The van der Waals surface area contributed by atoms with Crippen molar-refractivity contribution in [2.24, 2.45) is 0 Å². The zero-order chi connectivity index (χ0) is 47.1. The highest BCUT2D eigenvalue weighted by Crippen LogP contribution is 2.36. The van der Waals surface area contributed by atoms with E-state index in [0.717, 1.165) is 0 Å². The van der Waals surface area contributed by atoms with E-state index in [1.807, 2.05) is 0 Å². The Morgan fingerprint density at radius 3 is 0.424 bits per heavy atom. The number of benzene rings is 7. The highest BCUT2D eigenvalue weighted by molar-refractivity contribution is 9.11. The number of esters is 6. The molecular weight excluding hydrogens is 1250 g/mol. The molecule has 7 aromatic rings. The minimum atomic E-state index is -1.48. The topological polar surface area (TPSA) is 158 Å². The molecule has 0 fully saturated rings. The van der Waals surface area contributed by atoms with Crippen molar-refractivity contribution in [3.8, 4) is 34.5 Å². The number of hydrogen-bond donors (Lipinski definition) is 0. The normalized spacial score (nSPS) is 10.6. The van der Waals surface area contributed by atoms with Gasteiger partial charge in [0.1, 0.15) is 34.5 Å². The van der Waals surface area contributed by atoms with Crippen LogP contribution in [0.25, 0.3) is 0 Å². The second-order valence-electron chi connectivity index (χ2n) is 13.3. The molecule has 66 heavy (non-hydrogen) atoms. The maximum atomic E-state index is 15.0. The molecule has 0 aromatic heterocycles. The quantitative estimate of drug-likeness (QED) is 0.0843. The molecule has 0 radical (unpaired) electrons. The second-order valence-corrected chi connectivity index (χ2v) is 18.8. The monoisotopic (exact) mass is 1270 g/mol. The number of ether oxygens (including phenoxy) is 6. The van der Waals surface area contributed by atoms with Gasteiger partial charge in [0.2, 0.25) is 0 Å². The highest BCUT2D eigenvalue weighted by Gasteiger charge is 2.44. The summed E-state index contributed by atoms with van der Waals surface area (Å²) in [4.78, 5) is 90.0. The van der Waals surface area contributed by atoms with Crippen LogP contribution in [-0.2, 0) is 0 Å². The Bertz CT molecular complexity index is 2450. The van der Waals surface area contributed by atoms with Gasteiger partial charge in [0.25, 0.3) is 0 Å². The third kappa shape index (κ3) is 12.0. The molecule has 0 heterocycles. The lowest BCUT2D eigenvalue weighted by Gasteiger charge is -2.22. The van der Waals surface area contributed by atoms with E-state index < -0.39 is 69.2 Å². The zero-order valence-corrected chi connectivity index (χ0v) is 42.5. The number of rotatable bonds is 12. The van der Waals surface area contributed by atoms with Crippen molar-refractivity contribution in [2.45, 2.75) is 0 Å². The Morgan fingerprint density at radius 1 is 0.212 bits per heavy atom. The van der Waals surface area contributed by atoms with Crippen LogP contribution in [0.2, 0.25) is 0 Å². The molecule has 0 N–H and O–H groups in total. The SMILES string of the molecule is O=C(Oc1ccc(Br)cc1)c1c(C(=O)Oc2ccc(Br)cc2)c(C(=O)Oc2ccc(Br)cc2)c(C(=O)Oc2ccc(Br)cc2)c(C(=O)Oc2ccc(Br)cc2)c1C(=O)Oc1ccc(Br)cc1. The number of halogens is 6. The molecule has 0 aliphatic heterocycles. The van der Waals surface area contributed by atoms with Crippen LogP contribution >= 0.6 is 95.6 Å². The summed E-state index contributed by atoms with van der Waals surface area (Å²) in [6.45, 7) is 0. The Kier molecular flexibility index (Phi) is 15.8. The first-order valence-corrected chi connectivity index (χ1v) is 23.5. The van der Waals surface area contributed by atoms with Gasteiger partial charge in [0.05, 0.1) is 33.4 Å². The lowest BCUT2D eigenvalue weighted by molar-refractivity contribution is 0.0635. The minimum absolute atomic E-state index is 0.112. The Morgan fingerprint density at radius 2 is 0.318 bits per heavy atom. The molecule has 0 unspecified atom stereocenters. The van der Waals surface area contributed by atoms with Crippen LogP contribution in [0.1, 0.15) is 62.1 Å². The van der Waals surface area contributed by atoms with Crippen LogP contribution in [0, 0.1) is 0 Å². The van der Waals surface area contributed by atoms with Gasteiger partial charge in [-0.25, -0.2) is 28.8 Å². The largest absolute Gasteiger partial charge is 0.423 e. The van der Waals surface area contributed by atoms with E-state index in [2.05, 4.69) is 95.6 Å². The van der Waals surface area contributed by atoms with Gasteiger partial charge in [-0.2, -0.15) is 0 Å². The summed E-state index contributed by atoms with van der Waals surface area (Å²) in [7, 11) is 0. The lowest BCUT2D eigenvalue weighted by atomic mass is 9.85. The average molecular weight is 1270 g/mol. The van der Waals surface area contributed by atoms with E-state index >= 15 is 0 Å². The van der Waals surface area contributed by atoms with Gasteiger partial charge >= 0.3 is 35.8 Å². The van der Waals surface area contributed by atoms with Crippen molar-refractivity contribution < 1.29 is 57.2 Å². The summed E-state index contributed by atoms with van der Waals surface area (Å²) in [5.41, 5.74) is -6.29. The van der Waals surface area contributed by atoms with Gasteiger partial charge < -0.3 is 28.4 Å². The van der Waals surface area contributed by atoms with Crippen molar-refractivity contribution >= 4 is 131 Å². The fourth-order valence-electron chi connectivity index (χ4n) is 5.94. The van der Waals surface area contributed by atoms with Gasteiger partial charge in [-0.3, -0.25) is 0 Å². The predicted molar refractivity (Wildman–Crippen MR) is 261 cm³/mol. The molecule has 0 saturated carbocycles. The molecule has 0 amide bonds. The van der Waals surface area contributed by atoms with Gasteiger partial charge in [-0.15, -0.1) is 0 Å². The molecule has 0 atom stereocenters. The van der Waals surface area contributed by atoms with Gasteiger partial charge in [-0.05, 0) is 146 Å². The van der Waals surface area contributed by atoms with Crippen LogP contribution in [-0.4, -0.2) is 35.8 Å². The van der Waals surface area contributed by atoms with E-state index in [4.69, 9.17) is 28.4 Å². The average Bonchev–Trinajstić information content (AvgIpc) is 3.29. The molecule has 7 aromatic carbocycles. The molecule has 0 aliphatic carbocycles. The van der Waals surface area contributed by atoms with Crippen molar-refractivity contribution in [3.05, 3.63) is 206 Å². The second kappa shape index (κ2) is 21.7. The predicted octanol–water partition coefficient (Wildman–Crippen LogP) is 13.6. The first-order valence-electron chi connectivity index (χ1n) is 18.7. The smallest absolute Gasteiger partial charge is 0.345 e. The Balaban J connectivity index is 1.61. The third-order valence-corrected chi connectivity index (χ3v) is 12.0. The zero-order valence-electron chi connectivity index (χ0n) is 33.0. The molecule has 0 spiro atoms. The molecule has 330 valence electrons. The molecule has 0 saturated heterocycles. The number of carbonyl (C=O) groups is 6. The van der Waals surface area contributed by atoms with Crippen molar-refractivity contribution in [1.82, 2.24) is 0 Å². The van der Waals surface area contributed by atoms with Gasteiger partial charge in [-0.1, -0.05) is 95.6 Å². The third-order valence-electron chi connectivity index (χ3n) is 8.87. The summed E-state index contributed by atoms with van der Waals surface area (Å²) in [5.74, 6) is -9.55. The summed E-state index contributed by atoms with van der Waals surface area (Å²) >= 11 is 20.0. The maximum Gasteiger partial charge on any atom is 0.345 e. The standard InChI is InChI=1S/C48H24Br6O12/c49-25-1-13-31(14-2-25)61-43(55)37-38(44(56)62-32-15-3-26(50)4-16-32)40(46(58)64-34-19-7-28(52)8-20-34)42(48(60)66-36-23-11-30(54)12-24-36)41(47(59)65-35-21-9-29(53)10-22-35)39(37)45(57)63-33-17-5-27(51)6-18-33/h1-24H. The first-order chi connectivity index (χ1) is 31.6. The number of carbonyl (C=O) groups excluding carboxylic acids is 6. The molecule has 0 aliphatic rings. The van der Waals surface area contributed by atoms with Crippen molar-refractivity contribution in [1.29, 1.82) is 0 Å². The van der Waals surface area contributed by atoms with Gasteiger partial charge in [0.15, 0.2) is 0 Å². The van der Waals surface area contributed by atoms with Crippen LogP contribution in [0.3, 0.4) is 0 Å². The van der Waals surface area contributed by atoms with E-state index in [0.29, 0.717) is 26.8 Å². The fourth-order valence-corrected chi connectivity index (χ4v) is 7.52. The number of hydrogen-bond acceptors (Lipinski definition) is 12. The van der Waals surface area contributed by atoms with E-state index in [9.17, 15) is 28.8 Å². The van der Waals surface area contributed by atoms with E-state index in [1.165, 1.54) is 146 Å². The highest BCUT2D eigenvalue weighted by atomic mass is 79.9. The lowest BCUT2D eigenvalue weighted by Crippen LogP contribution is -2.34. The van der Waals surface area contributed by atoms with E-state index in [-0.39, 0.29) is 34.5 Å². The van der Waals surface area contributed by atoms with Crippen LogP contribution in [0.15, 0.2) is 172 Å². The van der Waals surface area contributed by atoms with E-state index in [1.54, 1.807) is 0 Å². The minimum Gasteiger partial charge on any atom is -0.423 e. The molecular formula is C48H24Br6O12. The molecule has 12 nitrogen and oxygen atoms in total. The van der Waals surface area contributed by atoms with Crippen LogP contribution in [0.4, 0.5) is 0 Å². The molecule has 18 heteroatoms. The van der Waals surface area contributed by atoms with Crippen LogP contribution in [0.5, 0.6) is 34.5 Å². The van der Waals surface area contributed by atoms with Crippen molar-refractivity contribution in [3.63, 3.8) is 0 Å².